The van der Waals surface area contributed by atoms with Gasteiger partial charge in [-0.05, 0) is 12.1 Å². The first kappa shape index (κ1) is 13.8. The van der Waals surface area contributed by atoms with Gasteiger partial charge >= 0.3 is 6.03 Å². The SMILES string of the molecule is C#CCNC(=O)NCCOc1ccc(F)c(F)c1. The summed E-state index contributed by atoms with van der Waals surface area (Å²) >= 11 is 0. The molecule has 0 heterocycles. The first-order chi connectivity index (χ1) is 8.63. The van der Waals surface area contributed by atoms with Crippen LogP contribution in [0.25, 0.3) is 0 Å². The smallest absolute Gasteiger partial charge is 0.315 e. The van der Waals surface area contributed by atoms with Crippen LogP contribution in [0.3, 0.4) is 0 Å². The zero-order valence-electron chi connectivity index (χ0n) is 9.50. The van der Waals surface area contributed by atoms with Gasteiger partial charge in [-0.3, -0.25) is 0 Å². The van der Waals surface area contributed by atoms with Gasteiger partial charge in [0.1, 0.15) is 12.4 Å². The molecule has 0 aliphatic heterocycles. The van der Waals surface area contributed by atoms with E-state index in [0.29, 0.717) is 0 Å². The molecule has 0 saturated heterocycles. The summed E-state index contributed by atoms with van der Waals surface area (Å²) in [6.07, 6.45) is 4.95. The number of terminal acetylenes is 1. The highest BCUT2D eigenvalue weighted by Gasteiger charge is 2.03. The standard InChI is InChI=1S/C12H12F2N2O2/c1-2-5-15-12(17)16-6-7-18-9-3-4-10(13)11(14)8-9/h1,3-4,8H,5-7H2,(H2,15,16,17). The van der Waals surface area contributed by atoms with Crippen molar-refractivity contribution in [2.75, 3.05) is 19.7 Å². The van der Waals surface area contributed by atoms with Crippen molar-refractivity contribution in [2.24, 2.45) is 0 Å². The number of nitrogens with one attached hydrogen (secondary N) is 2. The molecular formula is C12H12F2N2O2. The van der Waals surface area contributed by atoms with Gasteiger partial charge in [0.25, 0.3) is 0 Å². The Hall–Kier alpha value is -2.29. The van der Waals surface area contributed by atoms with Crippen LogP contribution in [0.1, 0.15) is 0 Å². The van der Waals surface area contributed by atoms with Crippen molar-refractivity contribution in [2.45, 2.75) is 0 Å². The summed E-state index contributed by atoms with van der Waals surface area (Å²) in [4.78, 5) is 11.0. The molecule has 0 aliphatic carbocycles. The van der Waals surface area contributed by atoms with Crippen LogP contribution in [-0.2, 0) is 0 Å². The fourth-order valence-corrected chi connectivity index (χ4v) is 1.09. The van der Waals surface area contributed by atoms with Gasteiger partial charge in [0.05, 0.1) is 13.1 Å². The quantitative estimate of drug-likeness (QED) is 0.614. The molecule has 1 aromatic carbocycles. The number of urea groups is 1. The lowest BCUT2D eigenvalue weighted by atomic mass is 10.3. The van der Waals surface area contributed by atoms with Crippen molar-refractivity contribution in [1.29, 1.82) is 0 Å². The molecule has 0 aromatic heterocycles. The van der Waals surface area contributed by atoms with Crippen LogP contribution in [0, 0.1) is 24.0 Å². The lowest BCUT2D eigenvalue weighted by Crippen LogP contribution is -2.37. The van der Waals surface area contributed by atoms with Crippen LogP contribution in [-0.4, -0.2) is 25.7 Å². The lowest BCUT2D eigenvalue weighted by molar-refractivity contribution is 0.237. The molecule has 96 valence electrons. The fourth-order valence-electron chi connectivity index (χ4n) is 1.09. The van der Waals surface area contributed by atoms with Gasteiger partial charge in [-0.1, -0.05) is 5.92 Å². The first-order valence-electron chi connectivity index (χ1n) is 5.16. The van der Waals surface area contributed by atoms with Crippen molar-refractivity contribution in [1.82, 2.24) is 10.6 Å². The maximum atomic E-state index is 12.8. The zero-order chi connectivity index (χ0) is 13.4. The average molecular weight is 254 g/mol. The molecule has 18 heavy (non-hydrogen) atoms. The van der Waals surface area contributed by atoms with Gasteiger partial charge in [-0.15, -0.1) is 6.42 Å². The molecule has 1 aromatic rings. The molecule has 2 N–H and O–H groups in total. The predicted molar refractivity (Wildman–Crippen MR) is 62.1 cm³/mol. The minimum atomic E-state index is -0.979. The van der Waals surface area contributed by atoms with Crippen molar-refractivity contribution in [3.8, 4) is 18.1 Å². The molecule has 6 heteroatoms. The van der Waals surface area contributed by atoms with E-state index in [2.05, 4.69) is 16.6 Å². The number of hydrogen-bond acceptors (Lipinski definition) is 2. The van der Waals surface area contributed by atoms with Gasteiger partial charge < -0.3 is 15.4 Å². The maximum absolute atomic E-state index is 12.8. The van der Waals surface area contributed by atoms with E-state index < -0.39 is 17.7 Å². The summed E-state index contributed by atoms with van der Waals surface area (Å²) in [5, 5.41) is 4.87. The molecule has 0 spiro atoms. The first-order valence-corrected chi connectivity index (χ1v) is 5.16. The van der Waals surface area contributed by atoms with E-state index in [0.717, 1.165) is 12.1 Å². The molecule has 4 nitrogen and oxygen atoms in total. The van der Waals surface area contributed by atoms with Crippen molar-refractivity contribution in [3.05, 3.63) is 29.8 Å². The van der Waals surface area contributed by atoms with Crippen LogP contribution in [0.15, 0.2) is 18.2 Å². The zero-order valence-corrected chi connectivity index (χ0v) is 9.50. The number of amides is 2. The van der Waals surface area contributed by atoms with E-state index in [4.69, 9.17) is 11.2 Å². The van der Waals surface area contributed by atoms with Crippen LogP contribution < -0.4 is 15.4 Å². The van der Waals surface area contributed by atoms with E-state index in [-0.39, 0.29) is 25.4 Å². The van der Waals surface area contributed by atoms with Crippen molar-refractivity contribution in [3.63, 3.8) is 0 Å². The monoisotopic (exact) mass is 254 g/mol. The van der Waals surface area contributed by atoms with Crippen LogP contribution in [0.5, 0.6) is 5.75 Å². The number of rotatable bonds is 5. The molecule has 0 atom stereocenters. The Bertz CT molecular complexity index is 458. The number of carbonyl (C=O) groups excluding carboxylic acids is 1. The highest BCUT2D eigenvalue weighted by Crippen LogP contribution is 2.14. The van der Waals surface area contributed by atoms with E-state index in [1.54, 1.807) is 0 Å². The Balaban J connectivity index is 2.24. The Morgan fingerprint density at radius 3 is 2.78 bits per heavy atom. The summed E-state index contributed by atoms with van der Waals surface area (Å²) in [7, 11) is 0. The normalized spacial score (nSPS) is 9.39. The molecule has 1 rings (SSSR count). The maximum Gasteiger partial charge on any atom is 0.315 e. The Morgan fingerprint density at radius 2 is 2.11 bits per heavy atom. The van der Waals surface area contributed by atoms with Crippen LogP contribution >= 0.6 is 0 Å². The Morgan fingerprint density at radius 1 is 1.33 bits per heavy atom. The molecule has 0 fully saturated rings. The second-order valence-corrected chi connectivity index (χ2v) is 3.24. The molecule has 0 aliphatic rings. The summed E-state index contributed by atoms with van der Waals surface area (Å²) in [5.74, 6) is 0.525. The number of carbonyl (C=O) groups is 1. The van der Waals surface area contributed by atoms with Gasteiger partial charge in [0, 0.05) is 6.07 Å². The van der Waals surface area contributed by atoms with E-state index >= 15 is 0 Å². The van der Waals surface area contributed by atoms with Crippen molar-refractivity contribution >= 4 is 6.03 Å². The minimum absolute atomic E-state index is 0.133. The number of halogens is 2. The topological polar surface area (TPSA) is 50.4 Å². The molecule has 0 bridgehead atoms. The van der Waals surface area contributed by atoms with E-state index in [1.165, 1.54) is 6.07 Å². The van der Waals surface area contributed by atoms with E-state index in [1.807, 2.05) is 0 Å². The molecule has 0 radical (unpaired) electrons. The van der Waals surface area contributed by atoms with Gasteiger partial charge in [-0.2, -0.15) is 0 Å². The number of ether oxygens (including phenoxy) is 1. The summed E-state index contributed by atoms with van der Waals surface area (Å²) in [5.41, 5.74) is 0. The number of hydrogen-bond donors (Lipinski definition) is 2. The third-order valence-corrected chi connectivity index (χ3v) is 1.90. The molecule has 0 saturated carbocycles. The minimum Gasteiger partial charge on any atom is -0.492 e. The second-order valence-electron chi connectivity index (χ2n) is 3.24. The average Bonchev–Trinajstić information content (AvgIpc) is 2.36. The van der Waals surface area contributed by atoms with E-state index in [9.17, 15) is 13.6 Å². The summed E-state index contributed by atoms with van der Waals surface area (Å²) < 4.78 is 30.5. The molecule has 2 amide bonds. The second kappa shape index (κ2) is 7.12. The third-order valence-electron chi connectivity index (χ3n) is 1.90. The Labute approximate surface area is 103 Å². The van der Waals surface area contributed by atoms with Gasteiger partial charge in [0.2, 0.25) is 0 Å². The summed E-state index contributed by atoms with van der Waals surface area (Å²) in [6.45, 7) is 0.486. The Kier molecular flexibility index (Phi) is 5.45. The van der Waals surface area contributed by atoms with Crippen molar-refractivity contribution < 1.29 is 18.3 Å². The highest BCUT2D eigenvalue weighted by atomic mass is 19.2. The highest BCUT2D eigenvalue weighted by molar-refractivity contribution is 5.74. The molecule has 0 unspecified atom stereocenters. The fraction of sp³-hybridized carbons (Fsp3) is 0.250. The van der Waals surface area contributed by atoms with Crippen LogP contribution in [0.4, 0.5) is 13.6 Å². The molecular weight excluding hydrogens is 242 g/mol. The number of benzene rings is 1. The van der Waals surface area contributed by atoms with Crippen LogP contribution in [0.2, 0.25) is 0 Å². The predicted octanol–water partition coefficient (Wildman–Crippen LogP) is 1.28. The van der Waals surface area contributed by atoms with Gasteiger partial charge in [0.15, 0.2) is 11.6 Å². The largest absolute Gasteiger partial charge is 0.492 e. The third kappa shape index (κ3) is 4.70. The lowest BCUT2D eigenvalue weighted by Gasteiger charge is -2.08. The summed E-state index contributed by atoms with van der Waals surface area (Å²) in [6, 6.07) is 2.80. The van der Waals surface area contributed by atoms with Gasteiger partial charge in [-0.25, -0.2) is 13.6 Å².